The molecule has 1 aliphatic heterocycles. The summed E-state index contributed by atoms with van der Waals surface area (Å²) < 4.78 is 1.17. The van der Waals surface area contributed by atoms with Crippen molar-refractivity contribution in [1.82, 2.24) is 4.90 Å². The van der Waals surface area contributed by atoms with E-state index < -0.39 is 0 Å². The van der Waals surface area contributed by atoms with E-state index in [0.29, 0.717) is 12.1 Å². The van der Waals surface area contributed by atoms with Crippen LogP contribution in [0.3, 0.4) is 0 Å². The van der Waals surface area contributed by atoms with Gasteiger partial charge in [0.1, 0.15) is 0 Å². The summed E-state index contributed by atoms with van der Waals surface area (Å²) in [5.41, 5.74) is 0.811. The summed E-state index contributed by atoms with van der Waals surface area (Å²) in [6.07, 6.45) is 3.49. The highest BCUT2D eigenvalue weighted by Crippen LogP contribution is 2.24. The van der Waals surface area contributed by atoms with Crippen molar-refractivity contribution in [3.63, 3.8) is 0 Å². The van der Waals surface area contributed by atoms with Crippen LogP contribution in [-0.4, -0.2) is 22.9 Å². The van der Waals surface area contributed by atoms with Gasteiger partial charge in [-0.2, -0.15) is 0 Å². The maximum Gasteiger partial charge on any atom is 0.254 e. The maximum absolute atomic E-state index is 12.5. The van der Waals surface area contributed by atoms with Crippen molar-refractivity contribution in [2.75, 3.05) is 0 Å². The first-order valence-corrected chi connectivity index (χ1v) is 7.25. The number of benzene rings is 1. The van der Waals surface area contributed by atoms with Gasteiger partial charge in [0.2, 0.25) is 0 Å². The Kier molecular flexibility index (Phi) is 4.07. The van der Waals surface area contributed by atoms with Crippen LogP contribution in [0, 0.1) is 3.57 Å². The summed E-state index contributed by atoms with van der Waals surface area (Å²) >= 11 is 2.26. The number of amides is 1. The summed E-state index contributed by atoms with van der Waals surface area (Å²) in [5, 5.41) is 0. The van der Waals surface area contributed by atoms with Crippen LogP contribution in [0.1, 0.15) is 43.5 Å². The fourth-order valence-electron chi connectivity index (χ4n) is 2.56. The molecule has 1 aromatic rings. The molecular weight excluding hydrogens is 325 g/mol. The lowest BCUT2D eigenvalue weighted by molar-refractivity contribution is 0.0511. The van der Waals surface area contributed by atoms with Crippen LogP contribution in [0.15, 0.2) is 24.3 Å². The van der Waals surface area contributed by atoms with E-state index in [1.807, 2.05) is 29.2 Å². The third-order valence-corrected chi connectivity index (χ3v) is 4.24. The number of hydrogen-bond acceptors (Lipinski definition) is 1. The smallest absolute Gasteiger partial charge is 0.254 e. The van der Waals surface area contributed by atoms with Crippen LogP contribution in [-0.2, 0) is 0 Å². The predicted octanol–water partition coefficient (Wildman–Crippen LogP) is 3.69. The minimum absolute atomic E-state index is 0.182. The molecule has 0 bridgehead atoms. The minimum atomic E-state index is 0.182. The number of rotatable bonds is 1. The van der Waals surface area contributed by atoms with Crippen LogP contribution in [0.25, 0.3) is 0 Å². The third-order valence-electron chi connectivity index (χ3n) is 3.52. The Bertz CT molecular complexity index is 391. The van der Waals surface area contributed by atoms with Crippen molar-refractivity contribution < 1.29 is 4.79 Å². The predicted molar refractivity (Wildman–Crippen MR) is 78.1 cm³/mol. The number of nitrogens with zero attached hydrogens (tertiary/aromatic N) is 1. The first kappa shape index (κ1) is 12.9. The summed E-state index contributed by atoms with van der Waals surface area (Å²) in [7, 11) is 0. The average Bonchev–Trinajstić information content (AvgIpc) is 2.29. The fraction of sp³-hybridized carbons (Fsp3) is 0.500. The largest absolute Gasteiger partial charge is 0.333 e. The van der Waals surface area contributed by atoms with Gasteiger partial charge in [0.25, 0.3) is 5.91 Å². The second-order valence-corrected chi connectivity index (χ2v) is 6.09. The molecule has 0 unspecified atom stereocenters. The van der Waals surface area contributed by atoms with Crippen LogP contribution >= 0.6 is 22.6 Å². The fourth-order valence-corrected chi connectivity index (χ4v) is 2.92. The van der Waals surface area contributed by atoms with E-state index in [4.69, 9.17) is 0 Å². The molecule has 1 heterocycles. The molecule has 17 heavy (non-hydrogen) atoms. The van der Waals surface area contributed by atoms with Gasteiger partial charge in [-0.05, 0) is 80.0 Å². The van der Waals surface area contributed by atoms with E-state index in [0.717, 1.165) is 18.4 Å². The Morgan fingerprint density at radius 1 is 1.18 bits per heavy atom. The Morgan fingerprint density at radius 3 is 2.24 bits per heavy atom. The molecule has 2 rings (SSSR count). The number of likely N-dealkylation sites (tertiary alicyclic amines) is 1. The summed E-state index contributed by atoms with van der Waals surface area (Å²) in [4.78, 5) is 14.5. The van der Waals surface area contributed by atoms with Gasteiger partial charge in [0.05, 0.1) is 0 Å². The monoisotopic (exact) mass is 343 g/mol. The standard InChI is InChI=1S/C14H18INO/c1-10-4-3-5-11(2)16(10)14(17)12-6-8-13(15)9-7-12/h6-11H,3-5H2,1-2H3/t10-,11-/m1/s1. The van der Waals surface area contributed by atoms with Crippen LogP contribution < -0.4 is 0 Å². The molecule has 3 heteroatoms. The number of carbonyl (C=O) groups excluding carboxylic acids is 1. The van der Waals surface area contributed by atoms with E-state index in [9.17, 15) is 4.79 Å². The van der Waals surface area contributed by atoms with E-state index in [2.05, 4.69) is 36.4 Å². The van der Waals surface area contributed by atoms with Crippen molar-refractivity contribution >= 4 is 28.5 Å². The molecule has 0 aliphatic carbocycles. The first-order chi connectivity index (χ1) is 8.09. The zero-order chi connectivity index (χ0) is 12.4. The lowest BCUT2D eigenvalue weighted by Gasteiger charge is -2.39. The Labute approximate surface area is 117 Å². The van der Waals surface area contributed by atoms with Crippen molar-refractivity contribution in [3.8, 4) is 0 Å². The Balaban J connectivity index is 2.20. The van der Waals surface area contributed by atoms with E-state index in [1.165, 1.54) is 9.99 Å². The van der Waals surface area contributed by atoms with Crippen molar-refractivity contribution in [2.45, 2.75) is 45.2 Å². The van der Waals surface area contributed by atoms with Crippen molar-refractivity contribution in [2.24, 2.45) is 0 Å². The van der Waals surface area contributed by atoms with Crippen LogP contribution in [0.4, 0.5) is 0 Å². The highest BCUT2D eigenvalue weighted by Gasteiger charge is 2.29. The number of piperidine rings is 1. The molecule has 92 valence electrons. The molecule has 1 aliphatic rings. The molecule has 1 saturated heterocycles. The lowest BCUT2D eigenvalue weighted by atomic mass is 9.96. The molecule has 1 fully saturated rings. The van der Waals surface area contributed by atoms with E-state index in [-0.39, 0.29) is 5.91 Å². The first-order valence-electron chi connectivity index (χ1n) is 6.18. The lowest BCUT2D eigenvalue weighted by Crippen LogP contribution is -2.47. The molecule has 0 saturated carbocycles. The number of hydrogen-bond donors (Lipinski definition) is 0. The van der Waals surface area contributed by atoms with Gasteiger partial charge in [-0.15, -0.1) is 0 Å². The molecule has 1 aromatic carbocycles. The van der Waals surface area contributed by atoms with Crippen LogP contribution in [0.5, 0.6) is 0 Å². The van der Waals surface area contributed by atoms with E-state index >= 15 is 0 Å². The molecule has 0 N–H and O–H groups in total. The van der Waals surface area contributed by atoms with Gasteiger partial charge in [0, 0.05) is 21.2 Å². The molecule has 2 nitrogen and oxygen atoms in total. The summed E-state index contributed by atoms with van der Waals surface area (Å²) in [6.45, 7) is 4.31. The quantitative estimate of drug-likeness (QED) is 0.712. The number of halogens is 1. The maximum atomic E-state index is 12.5. The van der Waals surface area contributed by atoms with E-state index in [1.54, 1.807) is 0 Å². The van der Waals surface area contributed by atoms with Gasteiger partial charge in [-0.3, -0.25) is 4.79 Å². The molecule has 0 radical (unpaired) electrons. The minimum Gasteiger partial charge on any atom is -0.333 e. The zero-order valence-electron chi connectivity index (χ0n) is 10.3. The van der Waals surface area contributed by atoms with Gasteiger partial charge in [0.15, 0.2) is 0 Å². The Morgan fingerprint density at radius 2 is 1.71 bits per heavy atom. The molecule has 1 amide bonds. The third kappa shape index (κ3) is 2.81. The topological polar surface area (TPSA) is 20.3 Å². The van der Waals surface area contributed by atoms with Crippen LogP contribution in [0.2, 0.25) is 0 Å². The highest BCUT2D eigenvalue weighted by molar-refractivity contribution is 14.1. The van der Waals surface area contributed by atoms with Crippen molar-refractivity contribution in [3.05, 3.63) is 33.4 Å². The van der Waals surface area contributed by atoms with Gasteiger partial charge in [-0.1, -0.05) is 0 Å². The molecule has 0 spiro atoms. The van der Waals surface area contributed by atoms with Crippen molar-refractivity contribution in [1.29, 1.82) is 0 Å². The normalized spacial score (nSPS) is 24.8. The SMILES string of the molecule is C[C@@H]1CCC[C@@H](C)N1C(=O)c1ccc(I)cc1. The highest BCUT2D eigenvalue weighted by atomic mass is 127. The second-order valence-electron chi connectivity index (χ2n) is 4.85. The number of carbonyl (C=O) groups is 1. The zero-order valence-corrected chi connectivity index (χ0v) is 12.5. The van der Waals surface area contributed by atoms with Gasteiger partial charge < -0.3 is 4.90 Å². The summed E-state index contributed by atoms with van der Waals surface area (Å²) in [5.74, 6) is 0.182. The summed E-state index contributed by atoms with van der Waals surface area (Å²) in [6, 6.07) is 8.58. The molecule has 2 atom stereocenters. The molecule has 0 aromatic heterocycles. The average molecular weight is 343 g/mol. The van der Waals surface area contributed by atoms with Gasteiger partial charge >= 0.3 is 0 Å². The Hall–Kier alpha value is -0.580. The van der Waals surface area contributed by atoms with Gasteiger partial charge in [-0.25, -0.2) is 0 Å². The molecular formula is C14H18INO. The second kappa shape index (κ2) is 5.38.